The van der Waals surface area contributed by atoms with Crippen molar-refractivity contribution in [3.05, 3.63) is 48.4 Å². The maximum atomic E-state index is 12.5. The zero-order valence-electron chi connectivity index (χ0n) is 16.7. The van der Waals surface area contributed by atoms with Gasteiger partial charge >= 0.3 is 0 Å². The Kier molecular flexibility index (Phi) is 5.82. The van der Waals surface area contributed by atoms with Gasteiger partial charge in [-0.15, -0.1) is 0 Å². The Morgan fingerprint density at radius 1 is 1.23 bits per heavy atom. The van der Waals surface area contributed by atoms with Crippen LogP contribution < -0.4 is 5.32 Å². The van der Waals surface area contributed by atoms with E-state index in [-0.39, 0.29) is 17.9 Å². The molecular weight excluding hydrogens is 386 g/mol. The highest BCUT2D eigenvalue weighted by Crippen LogP contribution is 2.16. The second-order valence-electron chi connectivity index (χ2n) is 7.28. The number of hydrogen-bond acceptors (Lipinski definition) is 7. The van der Waals surface area contributed by atoms with Crippen molar-refractivity contribution < 1.29 is 14.1 Å². The van der Waals surface area contributed by atoms with Crippen LogP contribution in [0.4, 0.5) is 0 Å². The molecule has 1 N–H and O–H groups in total. The summed E-state index contributed by atoms with van der Waals surface area (Å²) in [6.45, 7) is 1.23. The number of aryl methyl sites for hydroxylation is 2. The highest BCUT2D eigenvalue weighted by atomic mass is 16.5. The molecule has 1 aliphatic heterocycles. The number of carbonyl (C=O) groups excluding carboxylic acids is 2. The molecule has 0 atom stereocenters. The first-order chi connectivity index (χ1) is 14.6. The molecule has 2 amide bonds. The molecule has 156 valence electrons. The molecule has 0 unspecified atom stereocenters. The van der Waals surface area contributed by atoms with Crippen molar-refractivity contribution in [2.45, 2.75) is 31.7 Å². The first kappa shape index (κ1) is 19.7. The second kappa shape index (κ2) is 8.85. The van der Waals surface area contributed by atoms with Crippen LogP contribution in [-0.2, 0) is 18.3 Å². The zero-order valence-corrected chi connectivity index (χ0v) is 16.7. The minimum Gasteiger partial charge on any atom is -0.349 e. The molecule has 1 saturated heterocycles. The van der Waals surface area contributed by atoms with E-state index in [0.29, 0.717) is 43.2 Å². The summed E-state index contributed by atoms with van der Waals surface area (Å²) in [7, 11) is 1.77. The van der Waals surface area contributed by atoms with E-state index in [1.165, 1.54) is 0 Å². The number of rotatable bonds is 6. The van der Waals surface area contributed by atoms with Gasteiger partial charge in [0, 0.05) is 63.2 Å². The van der Waals surface area contributed by atoms with E-state index in [1.807, 2.05) is 4.90 Å². The largest absolute Gasteiger partial charge is 0.349 e. The third-order valence-electron chi connectivity index (χ3n) is 5.11. The fraction of sp³-hybridized carbons (Fsp3) is 0.400. The van der Waals surface area contributed by atoms with E-state index in [4.69, 9.17) is 4.52 Å². The maximum Gasteiger partial charge on any atom is 0.254 e. The molecule has 4 heterocycles. The van der Waals surface area contributed by atoms with Crippen LogP contribution in [0, 0.1) is 0 Å². The normalized spacial score (nSPS) is 14.6. The molecule has 0 aromatic carbocycles. The van der Waals surface area contributed by atoms with Crippen molar-refractivity contribution >= 4 is 11.8 Å². The number of piperidine rings is 1. The first-order valence-corrected chi connectivity index (χ1v) is 9.89. The maximum absolute atomic E-state index is 12.5. The highest BCUT2D eigenvalue weighted by molar-refractivity contribution is 5.93. The summed E-state index contributed by atoms with van der Waals surface area (Å²) in [5.41, 5.74) is 1.36. The number of hydrogen-bond donors (Lipinski definition) is 1. The number of nitrogens with one attached hydrogen (secondary N) is 1. The summed E-state index contributed by atoms with van der Waals surface area (Å²) in [6, 6.07) is 3.66. The zero-order chi connectivity index (χ0) is 20.9. The lowest BCUT2D eigenvalue weighted by Crippen LogP contribution is -2.46. The van der Waals surface area contributed by atoms with Crippen LogP contribution in [0.2, 0.25) is 0 Å². The van der Waals surface area contributed by atoms with Crippen molar-refractivity contribution in [2.24, 2.45) is 7.05 Å². The number of nitrogens with zero attached hydrogens (tertiary/aromatic N) is 6. The molecule has 3 aromatic rings. The Morgan fingerprint density at radius 2 is 2.00 bits per heavy atom. The van der Waals surface area contributed by atoms with Crippen LogP contribution in [0.5, 0.6) is 0 Å². The number of carbonyl (C=O) groups is 2. The first-order valence-electron chi connectivity index (χ1n) is 9.89. The van der Waals surface area contributed by atoms with E-state index in [0.717, 1.165) is 18.4 Å². The quantitative estimate of drug-likeness (QED) is 0.650. The van der Waals surface area contributed by atoms with Crippen molar-refractivity contribution in [2.75, 3.05) is 13.1 Å². The van der Waals surface area contributed by atoms with Crippen LogP contribution in [0.25, 0.3) is 11.4 Å². The van der Waals surface area contributed by atoms with Gasteiger partial charge in [-0.3, -0.25) is 19.3 Å². The van der Waals surface area contributed by atoms with Crippen molar-refractivity contribution in [1.29, 1.82) is 0 Å². The SMILES string of the molecule is Cn1cc(C(=O)NC2CCN(C(=O)CCc3nc(-c4ccncc4)no3)CC2)cn1. The van der Waals surface area contributed by atoms with Gasteiger partial charge < -0.3 is 14.7 Å². The molecule has 0 aliphatic carbocycles. The van der Waals surface area contributed by atoms with Crippen LogP contribution in [0.15, 0.2) is 41.4 Å². The van der Waals surface area contributed by atoms with Gasteiger partial charge in [0.15, 0.2) is 0 Å². The molecule has 4 rings (SSSR count). The smallest absolute Gasteiger partial charge is 0.254 e. The van der Waals surface area contributed by atoms with Crippen LogP contribution in [0.1, 0.15) is 35.5 Å². The van der Waals surface area contributed by atoms with Gasteiger partial charge in [0.25, 0.3) is 5.91 Å². The van der Waals surface area contributed by atoms with Gasteiger partial charge in [-0.1, -0.05) is 5.16 Å². The van der Waals surface area contributed by atoms with Gasteiger partial charge in [0.2, 0.25) is 17.6 Å². The summed E-state index contributed by atoms with van der Waals surface area (Å²) >= 11 is 0. The minimum absolute atomic E-state index is 0.0516. The number of pyridine rings is 1. The lowest BCUT2D eigenvalue weighted by atomic mass is 10.0. The van der Waals surface area contributed by atoms with Crippen molar-refractivity contribution in [1.82, 2.24) is 35.1 Å². The standard InChI is InChI=1S/C20H23N7O3/c1-26-13-15(12-22-26)20(29)23-16-6-10-27(11-7-16)18(28)3-2-17-24-19(25-30-17)14-4-8-21-9-5-14/h4-5,8-9,12-13,16H,2-3,6-7,10-11H2,1H3,(H,23,29). The average Bonchev–Trinajstić information content (AvgIpc) is 3.42. The predicted molar refractivity (Wildman–Crippen MR) is 106 cm³/mol. The fourth-order valence-corrected chi connectivity index (χ4v) is 3.43. The fourth-order valence-electron chi connectivity index (χ4n) is 3.43. The van der Waals surface area contributed by atoms with E-state index < -0.39 is 0 Å². The second-order valence-corrected chi connectivity index (χ2v) is 7.28. The molecule has 10 nitrogen and oxygen atoms in total. The Labute approximate surface area is 173 Å². The molecule has 0 bridgehead atoms. The average molecular weight is 409 g/mol. The van der Waals surface area contributed by atoms with Crippen LogP contribution in [-0.4, -0.2) is 60.8 Å². The minimum atomic E-state index is -0.130. The molecule has 10 heteroatoms. The van der Waals surface area contributed by atoms with Crippen LogP contribution in [0.3, 0.4) is 0 Å². The van der Waals surface area contributed by atoms with E-state index in [9.17, 15) is 9.59 Å². The summed E-state index contributed by atoms with van der Waals surface area (Å²) < 4.78 is 6.85. The Morgan fingerprint density at radius 3 is 2.70 bits per heavy atom. The Hall–Kier alpha value is -3.56. The van der Waals surface area contributed by atoms with Crippen molar-refractivity contribution in [3.8, 4) is 11.4 Å². The molecule has 1 fully saturated rings. The Balaban J connectivity index is 1.22. The lowest BCUT2D eigenvalue weighted by molar-refractivity contribution is -0.132. The summed E-state index contributed by atoms with van der Waals surface area (Å²) in [5.74, 6) is 0.851. The van der Waals surface area contributed by atoms with Gasteiger partial charge in [-0.05, 0) is 25.0 Å². The highest BCUT2D eigenvalue weighted by Gasteiger charge is 2.24. The molecule has 1 aliphatic rings. The third-order valence-corrected chi connectivity index (χ3v) is 5.11. The number of aromatic nitrogens is 5. The van der Waals surface area contributed by atoms with E-state index >= 15 is 0 Å². The number of likely N-dealkylation sites (tertiary alicyclic amines) is 1. The molecule has 3 aromatic heterocycles. The van der Waals surface area contributed by atoms with Crippen molar-refractivity contribution in [3.63, 3.8) is 0 Å². The van der Waals surface area contributed by atoms with Gasteiger partial charge in [-0.25, -0.2) is 0 Å². The van der Waals surface area contributed by atoms with Crippen LogP contribution >= 0.6 is 0 Å². The number of amides is 2. The van der Waals surface area contributed by atoms with Gasteiger partial charge in [0.1, 0.15) is 0 Å². The third kappa shape index (κ3) is 4.70. The topological polar surface area (TPSA) is 119 Å². The molecule has 0 spiro atoms. The Bertz CT molecular complexity index is 1010. The molecule has 30 heavy (non-hydrogen) atoms. The monoisotopic (exact) mass is 409 g/mol. The van der Waals surface area contributed by atoms with E-state index in [1.54, 1.807) is 48.6 Å². The van der Waals surface area contributed by atoms with E-state index in [2.05, 4.69) is 25.5 Å². The molecule has 0 radical (unpaired) electrons. The van der Waals surface area contributed by atoms with Gasteiger partial charge in [0.05, 0.1) is 11.8 Å². The molecular formula is C20H23N7O3. The summed E-state index contributed by atoms with van der Waals surface area (Å²) in [4.78, 5) is 34.9. The lowest BCUT2D eigenvalue weighted by Gasteiger charge is -2.32. The predicted octanol–water partition coefficient (Wildman–Crippen LogP) is 1.22. The summed E-state index contributed by atoms with van der Waals surface area (Å²) in [6.07, 6.45) is 8.72. The molecule has 0 saturated carbocycles. The summed E-state index contributed by atoms with van der Waals surface area (Å²) in [5, 5.41) is 11.0. The van der Waals surface area contributed by atoms with Gasteiger partial charge in [-0.2, -0.15) is 10.1 Å².